The van der Waals surface area contributed by atoms with Crippen molar-refractivity contribution in [1.29, 1.82) is 0 Å². The van der Waals surface area contributed by atoms with Gasteiger partial charge in [-0.1, -0.05) is 146 Å². The molecule has 0 saturated carbocycles. The van der Waals surface area contributed by atoms with Crippen LogP contribution in [0.3, 0.4) is 0 Å². The quantitative estimate of drug-likeness (QED) is 0.211. The summed E-state index contributed by atoms with van der Waals surface area (Å²) in [5, 5.41) is 2.52. The zero-order valence-corrected chi connectivity index (χ0v) is 26.8. The van der Waals surface area contributed by atoms with Gasteiger partial charge < -0.3 is 15.0 Å². The van der Waals surface area contributed by atoms with Crippen LogP contribution in [-0.2, 0) is 5.41 Å². The molecule has 2 N–H and O–H groups in total. The smallest absolute Gasteiger partial charge is 0.132 e. The maximum Gasteiger partial charge on any atom is 0.132 e. The molecule has 8 aromatic rings. The fourth-order valence-electron chi connectivity index (χ4n) is 8.49. The summed E-state index contributed by atoms with van der Waals surface area (Å²) in [7, 11) is 0. The van der Waals surface area contributed by atoms with Gasteiger partial charge in [0.2, 0.25) is 0 Å². The van der Waals surface area contributed by atoms with Crippen LogP contribution in [0.1, 0.15) is 44.9 Å². The van der Waals surface area contributed by atoms with E-state index in [0.717, 1.165) is 39.4 Å². The van der Waals surface area contributed by atoms with Gasteiger partial charge in [0.15, 0.2) is 0 Å². The summed E-state index contributed by atoms with van der Waals surface area (Å²) in [4.78, 5) is 0. The minimum atomic E-state index is -0.593. The van der Waals surface area contributed by atoms with Gasteiger partial charge in [0.05, 0.1) is 22.1 Å². The summed E-state index contributed by atoms with van der Waals surface area (Å²) in [6.45, 7) is 0. The molecule has 2 aliphatic heterocycles. The van der Waals surface area contributed by atoms with Gasteiger partial charge in [0.1, 0.15) is 11.5 Å². The Labute approximate surface area is 285 Å². The highest BCUT2D eigenvalue weighted by Crippen LogP contribution is 2.60. The van der Waals surface area contributed by atoms with Crippen molar-refractivity contribution in [2.24, 2.45) is 5.73 Å². The Morgan fingerprint density at radius 2 is 1.20 bits per heavy atom. The summed E-state index contributed by atoms with van der Waals surface area (Å²) in [5.41, 5.74) is 18.7. The lowest BCUT2D eigenvalue weighted by Gasteiger charge is -2.45. The third-order valence-electron chi connectivity index (χ3n) is 10.5. The number of nitrogens with two attached hydrogens (primary N) is 1. The highest BCUT2D eigenvalue weighted by molar-refractivity contribution is 6.12. The van der Waals surface area contributed by atoms with Gasteiger partial charge in [0.25, 0.3) is 0 Å². The first-order valence-corrected chi connectivity index (χ1v) is 16.9. The third-order valence-corrected chi connectivity index (χ3v) is 10.5. The first kappa shape index (κ1) is 27.8. The number of ether oxygens (including phenoxy) is 1. The molecule has 2 atom stereocenters. The molecule has 232 valence electrons. The highest BCUT2D eigenvalue weighted by atomic mass is 16.5. The maximum atomic E-state index is 6.92. The molecular formula is C46H32N2O. The van der Waals surface area contributed by atoms with E-state index in [9.17, 15) is 0 Å². The maximum absolute atomic E-state index is 6.92. The van der Waals surface area contributed by atoms with Crippen LogP contribution in [0.15, 0.2) is 176 Å². The van der Waals surface area contributed by atoms with Crippen LogP contribution in [0.25, 0.3) is 33.2 Å². The van der Waals surface area contributed by atoms with Crippen molar-refractivity contribution in [3.8, 4) is 17.2 Å². The fraction of sp³-hybridized carbons (Fsp3) is 0.0435. The molecule has 1 spiro atoms. The summed E-state index contributed by atoms with van der Waals surface area (Å²) in [6.07, 6.45) is 2.17. The number of aromatic nitrogens is 1. The van der Waals surface area contributed by atoms with Crippen LogP contribution < -0.4 is 10.5 Å². The van der Waals surface area contributed by atoms with E-state index < -0.39 is 5.41 Å². The van der Waals surface area contributed by atoms with Crippen molar-refractivity contribution >= 4 is 27.5 Å². The highest BCUT2D eigenvalue weighted by Gasteiger charge is 2.50. The van der Waals surface area contributed by atoms with Gasteiger partial charge in [0, 0.05) is 33.5 Å². The van der Waals surface area contributed by atoms with Crippen molar-refractivity contribution < 1.29 is 4.74 Å². The molecule has 7 aromatic carbocycles. The monoisotopic (exact) mass is 628 g/mol. The Hall–Kier alpha value is -6.32. The van der Waals surface area contributed by atoms with E-state index >= 15 is 0 Å². The fourth-order valence-corrected chi connectivity index (χ4v) is 8.49. The minimum absolute atomic E-state index is 0.0759. The van der Waals surface area contributed by atoms with Gasteiger partial charge in [-0.2, -0.15) is 0 Å². The van der Waals surface area contributed by atoms with Crippen molar-refractivity contribution in [3.63, 3.8) is 0 Å². The number of hydrogen-bond donors (Lipinski definition) is 1. The topological polar surface area (TPSA) is 40.2 Å². The Morgan fingerprint density at radius 1 is 0.551 bits per heavy atom. The zero-order valence-electron chi connectivity index (χ0n) is 26.8. The van der Waals surface area contributed by atoms with Gasteiger partial charge >= 0.3 is 0 Å². The zero-order chi connectivity index (χ0) is 32.5. The molecular weight excluding hydrogens is 597 g/mol. The minimum Gasteiger partial charge on any atom is -0.457 e. The Kier molecular flexibility index (Phi) is 6.00. The molecule has 0 radical (unpaired) electrons. The van der Waals surface area contributed by atoms with Crippen molar-refractivity contribution in [2.45, 2.75) is 11.3 Å². The second-order valence-corrected chi connectivity index (χ2v) is 13.1. The molecule has 0 aliphatic carbocycles. The summed E-state index contributed by atoms with van der Waals surface area (Å²) in [5.74, 6) is 1.66. The van der Waals surface area contributed by atoms with Gasteiger partial charge in [-0.05, 0) is 58.2 Å². The lowest BCUT2D eigenvalue weighted by molar-refractivity contribution is 0.433. The third kappa shape index (κ3) is 3.90. The van der Waals surface area contributed by atoms with Gasteiger partial charge in [-0.3, -0.25) is 0 Å². The molecule has 2 unspecified atom stereocenters. The molecule has 49 heavy (non-hydrogen) atoms. The number of allylic oxidation sites excluding steroid dienone is 1. The van der Waals surface area contributed by atoms with E-state index in [1.165, 1.54) is 44.2 Å². The van der Waals surface area contributed by atoms with Crippen LogP contribution in [0.4, 0.5) is 0 Å². The van der Waals surface area contributed by atoms with Crippen LogP contribution in [0, 0.1) is 0 Å². The van der Waals surface area contributed by atoms with Gasteiger partial charge in [-0.25, -0.2) is 0 Å². The number of nitrogens with zero attached hydrogens (tertiary/aromatic N) is 1. The van der Waals surface area contributed by atoms with Crippen molar-refractivity contribution in [1.82, 2.24) is 4.57 Å². The second kappa shape index (κ2) is 10.6. The number of rotatable bonds is 4. The van der Waals surface area contributed by atoms with Crippen LogP contribution in [0.5, 0.6) is 11.5 Å². The lowest BCUT2D eigenvalue weighted by Crippen LogP contribution is -2.37. The second-order valence-electron chi connectivity index (χ2n) is 13.1. The van der Waals surface area contributed by atoms with Gasteiger partial charge in [-0.15, -0.1) is 0 Å². The van der Waals surface area contributed by atoms with E-state index in [4.69, 9.17) is 10.5 Å². The number of fused-ring (bicyclic) bond motifs is 11. The average Bonchev–Trinajstić information content (AvgIpc) is 3.51. The van der Waals surface area contributed by atoms with Crippen LogP contribution >= 0.6 is 0 Å². The lowest BCUT2D eigenvalue weighted by atomic mass is 9.61. The molecule has 0 bridgehead atoms. The van der Waals surface area contributed by atoms with E-state index in [-0.39, 0.29) is 5.92 Å². The molecule has 2 aliphatic rings. The summed E-state index contributed by atoms with van der Waals surface area (Å²) < 4.78 is 9.39. The molecule has 0 amide bonds. The first-order chi connectivity index (χ1) is 24.2. The Bertz CT molecular complexity index is 2600. The molecule has 3 nitrogen and oxygen atoms in total. The van der Waals surface area contributed by atoms with E-state index in [1.54, 1.807) is 0 Å². The van der Waals surface area contributed by atoms with Crippen LogP contribution in [0.2, 0.25) is 0 Å². The van der Waals surface area contributed by atoms with E-state index in [2.05, 4.69) is 162 Å². The number of para-hydroxylation sites is 4. The largest absolute Gasteiger partial charge is 0.457 e. The standard InChI is InChI=1S/C46H32N2O/c47-40(31-16-5-2-6-17-31)29-35(30-14-3-1-4-15-30)32-26-27-38-44(28-32)49-43-25-12-9-21-37(43)46(38)36-20-8-11-24-42(36)48-41-23-10-7-18-33(41)34-19-13-22-39(46)45(34)48/h1-29,35H,47H2/b40-29-. The predicted octanol–water partition coefficient (Wildman–Crippen LogP) is 10.7. The van der Waals surface area contributed by atoms with Crippen molar-refractivity contribution in [3.05, 3.63) is 215 Å². The normalized spacial score (nSPS) is 16.5. The van der Waals surface area contributed by atoms with Crippen molar-refractivity contribution in [2.75, 3.05) is 0 Å². The SMILES string of the molecule is N/C(=C\C(c1ccccc1)c1ccc2c(c1)Oc1ccccc1C21c2ccccc2-n2c3ccccc3c3cccc1c32)c1ccccc1. The molecule has 3 heteroatoms. The van der Waals surface area contributed by atoms with E-state index in [1.807, 2.05) is 18.2 Å². The summed E-state index contributed by atoms with van der Waals surface area (Å²) in [6, 6.07) is 60.7. The molecule has 1 aromatic heterocycles. The Balaban J connectivity index is 1.27. The van der Waals surface area contributed by atoms with Crippen LogP contribution in [-0.4, -0.2) is 4.57 Å². The predicted molar refractivity (Wildman–Crippen MR) is 200 cm³/mol. The first-order valence-electron chi connectivity index (χ1n) is 16.9. The number of benzene rings is 7. The number of hydrogen-bond acceptors (Lipinski definition) is 2. The molecule has 10 rings (SSSR count). The molecule has 3 heterocycles. The van der Waals surface area contributed by atoms with E-state index in [0.29, 0.717) is 0 Å². The summed E-state index contributed by atoms with van der Waals surface area (Å²) >= 11 is 0. The molecule has 0 fully saturated rings. The Morgan fingerprint density at radius 3 is 2.06 bits per heavy atom. The average molecular weight is 629 g/mol. The molecule has 0 saturated heterocycles.